The van der Waals surface area contributed by atoms with E-state index in [2.05, 4.69) is 4.99 Å². The summed E-state index contributed by atoms with van der Waals surface area (Å²) in [5.41, 5.74) is 3.13. The predicted octanol–water partition coefficient (Wildman–Crippen LogP) is 5.17. The van der Waals surface area contributed by atoms with Crippen LogP contribution in [0.4, 0.5) is 5.69 Å². The van der Waals surface area contributed by atoms with Crippen LogP contribution in [0.5, 0.6) is 5.88 Å². The second-order valence-electron chi connectivity index (χ2n) is 5.36. The summed E-state index contributed by atoms with van der Waals surface area (Å²) >= 11 is 12.9. The zero-order chi connectivity index (χ0) is 17.6. The number of allylic oxidation sites excluding steroid dienone is 1. The number of halogens is 2. The number of para-hydroxylation sites is 1. The molecule has 0 fully saturated rings. The second kappa shape index (κ2) is 6.19. The first-order valence-corrected chi connectivity index (χ1v) is 8.87. The van der Waals surface area contributed by atoms with E-state index in [1.54, 1.807) is 30.5 Å². The molecular formula is C18H10Cl2N2O2S. The SMILES string of the molecule is O=c1sc(/C=C2/C=Nc3ccccc32)c(O)n1-c1ccc(Cl)c(Cl)c1. The normalized spacial score (nSPS) is 14.2. The highest BCUT2D eigenvalue weighted by Crippen LogP contribution is 2.35. The lowest BCUT2D eigenvalue weighted by Crippen LogP contribution is -2.09. The van der Waals surface area contributed by atoms with Crippen LogP contribution in [0.15, 0.2) is 52.3 Å². The molecule has 3 aromatic rings. The Morgan fingerprint density at radius 2 is 1.92 bits per heavy atom. The summed E-state index contributed by atoms with van der Waals surface area (Å²) in [5, 5.41) is 11.2. The smallest absolute Gasteiger partial charge is 0.315 e. The predicted molar refractivity (Wildman–Crippen MR) is 104 cm³/mol. The van der Waals surface area contributed by atoms with E-state index in [-0.39, 0.29) is 10.8 Å². The van der Waals surface area contributed by atoms with Gasteiger partial charge in [0, 0.05) is 17.4 Å². The topological polar surface area (TPSA) is 54.6 Å². The summed E-state index contributed by atoms with van der Waals surface area (Å²) in [5.74, 6) is -0.140. The van der Waals surface area contributed by atoms with Crippen molar-refractivity contribution in [3.05, 3.63) is 72.6 Å². The highest BCUT2D eigenvalue weighted by Gasteiger charge is 2.17. The molecule has 0 spiro atoms. The zero-order valence-electron chi connectivity index (χ0n) is 12.6. The average Bonchev–Trinajstić information content (AvgIpc) is 3.12. The molecule has 0 unspecified atom stereocenters. The van der Waals surface area contributed by atoms with Crippen molar-refractivity contribution in [3.63, 3.8) is 0 Å². The molecule has 0 saturated carbocycles. The number of aliphatic imine (C=N–C) groups is 1. The minimum absolute atomic E-state index is 0.140. The van der Waals surface area contributed by atoms with Crippen LogP contribution in [0.2, 0.25) is 10.0 Å². The van der Waals surface area contributed by atoms with Crippen LogP contribution in [0.25, 0.3) is 17.3 Å². The molecule has 1 N–H and O–H groups in total. The molecular weight excluding hydrogens is 379 g/mol. The maximum absolute atomic E-state index is 12.4. The lowest BCUT2D eigenvalue weighted by Gasteiger charge is -2.05. The number of aromatic nitrogens is 1. The third-order valence-electron chi connectivity index (χ3n) is 3.82. The molecule has 1 aliphatic rings. The molecule has 0 amide bonds. The fourth-order valence-electron chi connectivity index (χ4n) is 2.62. The number of hydrogen-bond donors (Lipinski definition) is 1. The maximum Gasteiger partial charge on any atom is 0.315 e. The van der Waals surface area contributed by atoms with E-state index in [0.717, 1.165) is 28.2 Å². The number of thiazole rings is 1. The number of fused-ring (bicyclic) bond motifs is 1. The molecule has 2 aromatic carbocycles. The van der Waals surface area contributed by atoms with Crippen LogP contribution in [-0.2, 0) is 0 Å². The van der Waals surface area contributed by atoms with E-state index in [0.29, 0.717) is 20.6 Å². The fourth-order valence-corrected chi connectivity index (χ4v) is 3.76. The third-order valence-corrected chi connectivity index (χ3v) is 5.43. The number of benzene rings is 2. The summed E-state index contributed by atoms with van der Waals surface area (Å²) in [4.78, 5) is 16.8. The molecule has 25 heavy (non-hydrogen) atoms. The second-order valence-corrected chi connectivity index (χ2v) is 7.17. The van der Waals surface area contributed by atoms with Crippen LogP contribution in [0, 0.1) is 0 Å². The van der Waals surface area contributed by atoms with Crippen molar-refractivity contribution in [2.75, 3.05) is 0 Å². The Hall–Kier alpha value is -2.34. The molecule has 4 nitrogen and oxygen atoms in total. The van der Waals surface area contributed by atoms with Crippen molar-refractivity contribution in [1.29, 1.82) is 0 Å². The fraction of sp³-hybridized carbons (Fsp3) is 0. The van der Waals surface area contributed by atoms with Crippen LogP contribution in [-0.4, -0.2) is 15.9 Å². The Bertz CT molecular complexity index is 1110. The molecule has 0 saturated heterocycles. The summed E-state index contributed by atoms with van der Waals surface area (Å²) in [6.07, 6.45) is 3.47. The lowest BCUT2D eigenvalue weighted by atomic mass is 10.1. The molecule has 0 atom stereocenters. The van der Waals surface area contributed by atoms with Crippen LogP contribution >= 0.6 is 34.5 Å². The highest BCUT2D eigenvalue weighted by atomic mass is 35.5. The van der Waals surface area contributed by atoms with E-state index in [9.17, 15) is 9.90 Å². The minimum atomic E-state index is -0.314. The van der Waals surface area contributed by atoms with Gasteiger partial charge in [0.2, 0.25) is 5.88 Å². The number of nitrogens with zero attached hydrogens (tertiary/aromatic N) is 2. The highest BCUT2D eigenvalue weighted by molar-refractivity contribution is 7.10. The molecule has 0 bridgehead atoms. The third kappa shape index (κ3) is 2.80. The van der Waals surface area contributed by atoms with Gasteiger partial charge in [-0.1, -0.05) is 52.7 Å². The standard InChI is InChI=1S/C18H10Cl2N2O2S/c19-13-6-5-11(8-14(13)20)22-17(23)16(25-18(22)24)7-10-9-21-15-4-2-1-3-12(10)15/h1-9,23H/b10-7-. The molecule has 4 rings (SSSR count). The van der Waals surface area contributed by atoms with Crippen molar-refractivity contribution in [2.45, 2.75) is 0 Å². The van der Waals surface area contributed by atoms with Crippen molar-refractivity contribution < 1.29 is 5.11 Å². The van der Waals surface area contributed by atoms with E-state index in [1.165, 1.54) is 4.57 Å². The first-order valence-electron chi connectivity index (χ1n) is 7.30. The van der Waals surface area contributed by atoms with Gasteiger partial charge in [-0.3, -0.25) is 9.79 Å². The number of hydrogen-bond acceptors (Lipinski definition) is 4. The first-order chi connectivity index (χ1) is 12.0. The Balaban J connectivity index is 1.82. The molecule has 7 heteroatoms. The van der Waals surface area contributed by atoms with Crippen molar-refractivity contribution in [2.24, 2.45) is 4.99 Å². The summed E-state index contributed by atoms with van der Waals surface area (Å²) in [6, 6.07) is 12.5. The lowest BCUT2D eigenvalue weighted by molar-refractivity contribution is 0.440. The Labute approximate surface area is 156 Å². The van der Waals surface area contributed by atoms with Crippen LogP contribution in [0.1, 0.15) is 10.4 Å². The van der Waals surface area contributed by atoms with Gasteiger partial charge in [0.05, 0.1) is 26.3 Å². The zero-order valence-corrected chi connectivity index (χ0v) is 14.9. The summed E-state index contributed by atoms with van der Waals surface area (Å²) < 4.78 is 1.21. The van der Waals surface area contributed by atoms with Gasteiger partial charge in [-0.15, -0.1) is 0 Å². The molecule has 124 valence electrons. The summed E-state index contributed by atoms with van der Waals surface area (Å²) in [7, 11) is 0. The Morgan fingerprint density at radius 3 is 2.72 bits per heavy atom. The van der Waals surface area contributed by atoms with Gasteiger partial charge in [0.15, 0.2) is 0 Å². The maximum atomic E-state index is 12.4. The van der Waals surface area contributed by atoms with E-state index in [4.69, 9.17) is 23.2 Å². The summed E-state index contributed by atoms with van der Waals surface area (Å²) in [6.45, 7) is 0. The van der Waals surface area contributed by atoms with Gasteiger partial charge in [-0.05, 0) is 30.3 Å². The largest absolute Gasteiger partial charge is 0.493 e. The van der Waals surface area contributed by atoms with Gasteiger partial charge in [0.1, 0.15) is 0 Å². The van der Waals surface area contributed by atoms with Crippen LogP contribution in [0.3, 0.4) is 0 Å². The number of rotatable bonds is 2. The van der Waals surface area contributed by atoms with Crippen molar-refractivity contribution >= 4 is 58.1 Å². The van der Waals surface area contributed by atoms with Gasteiger partial charge in [-0.25, -0.2) is 4.57 Å². The Kier molecular flexibility index (Phi) is 4.00. The average molecular weight is 389 g/mol. The van der Waals surface area contributed by atoms with E-state index in [1.807, 2.05) is 24.3 Å². The van der Waals surface area contributed by atoms with Crippen LogP contribution < -0.4 is 4.87 Å². The Morgan fingerprint density at radius 1 is 1.12 bits per heavy atom. The van der Waals surface area contributed by atoms with Gasteiger partial charge in [-0.2, -0.15) is 0 Å². The van der Waals surface area contributed by atoms with Gasteiger partial charge >= 0.3 is 4.87 Å². The van der Waals surface area contributed by atoms with E-state index < -0.39 is 0 Å². The van der Waals surface area contributed by atoms with Gasteiger partial charge in [0.25, 0.3) is 0 Å². The van der Waals surface area contributed by atoms with Crippen molar-refractivity contribution in [3.8, 4) is 11.6 Å². The quantitative estimate of drug-likeness (QED) is 0.658. The molecule has 0 aliphatic carbocycles. The van der Waals surface area contributed by atoms with Crippen molar-refractivity contribution in [1.82, 2.24) is 4.57 Å². The molecule has 0 radical (unpaired) electrons. The van der Waals surface area contributed by atoms with E-state index >= 15 is 0 Å². The molecule has 1 aromatic heterocycles. The van der Waals surface area contributed by atoms with Gasteiger partial charge < -0.3 is 5.11 Å². The minimum Gasteiger partial charge on any atom is -0.493 e. The first kappa shape index (κ1) is 16.1. The number of aromatic hydroxyl groups is 1. The molecule has 1 aliphatic heterocycles. The monoisotopic (exact) mass is 388 g/mol. The molecule has 2 heterocycles.